The molecule has 1 aromatic carbocycles. The van der Waals surface area contributed by atoms with Crippen LogP contribution >= 0.6 is 0 Å². The van der Waals surface area contributed by atoms with E-state index in [1.807, 2.05) is 0 Å². The molecule has 2 bridgehead atoms. The molecule has 10 nitrogen and oxygen atoms in total. The highest BCUT2D eigenvalue weighted by atomic mass is 19.4. The highest BCUT2D eigenvalue weighted by Gasteiger charge is 2.54. The normalized spacial score (nSPS) is 28.1. The predicted octanol–water partition coefficient (Wildman–Crippen LogP) is 5.40. The zero-order chi connectivity index (χ0) is 32.7. The summed E-state index contributed by atoms with van der Waals surface area (Å²) < 4.78 is 59.3. The molecule has 0 spiro atoms. The average Bonchev–Trinajstić information content (AvgIpc) is 3.58. The van der Waals surface area contributed by atoms with Gasteiger partial charge >= 0.3 is 12.3 Å². The molecule has 45 heavy (non-hydrogen) atoms. The number of fused-ring (bicyclic) bond motifs is 5. The number of amides is 2. The van der Waals surface area contributed by atoms with Crippen LogP contribution in [0.15, 0.2) is 18.2 Å². The Morgan fingerprint density at radius 2 is 1.82 bits per heavy atom. The fourth-order valence-corrected chi connectivity index (χ4v) is 6.49. The van der Waals surface area contributed by atoms with Crippen LogP contribution in [0.2, 0.25) is 0 Å². The highest BCUT2D eigenvalue weighted by Crippen LogP contribution is 2.41. The van der Waals surface area contributed by atoms with Gasteiger partial charge in [0, 0.05) is 12.0 Å². The summed E-state index contributed by atoms with van der Waals surface area (Å²) in [6.45, 7) is 6.04. The van der Waals surface area contributed by atoms with Crippen molar-refractivity contribution in [2.24, 2.45) is 17.3 Å². The van der Waals surface area contributed by atoms with E-state index in [0.717, 1.165) is 37.0 Å². The molecule has 2 amide bonds. The van der Waals surface area contributed by atoms with Gasteiger partial charge in [0.25, 0.3) is 0 Å². The molecule has 246 valence electrons. The largest absolute Gasteiger partial charge is 0.497 e. The van der Waals surface area contributed by atoms with Gasteiger partial charge in [0.15, 0.2) is 5.78 Å². The highest BCUT2D eigenvalue weighted by molar-refractivity contribution is 5.92. The number of carbonyl (C=O) groups is 3. The number of hydrogen-bond donors (Lipinski definition) is 1. The van der Waals surface area contributed by atoms with Crippen molar-refractivity contribution in [2.75, 3.05) is 13.7 Å². The molecular formula is C32H41F3N4O6. The second-order valence-electron chi connectivity index (χ2n) is 13.5. The van der Waals surface area contributed by atoms with E-state index in [2.05, 4.69) is 10.3 Å². The van der Waals surface area contributed by atoms with E-state index in [9.17, 15) is 27.6 Å². The Morgan fingerprint density at radius 1 is 1.07 bits per heavy atom. The van der Waals surface area contributed by atoms with Crippen molar-refractivity contribution in [3.8, 4) is 11.6 Å². The molecule has 2 fully saturated rings. The second-order valence-corrected chi connectivity index (χ2v) is 13.5. The maximum Gasteiger partial charge on any atom is 0.408 e. The lowest BCUT2D eigenvalue weighted by molar-refractivity contribution is -0.155. The third-order valence-electron chi connectivity index (χ3n) is 8.91. The molecule has 1 N–H and O–H groups in total. The second kappa shape index (κ2) is 12.6. The minimum Gasteiger partial charge on any atom is -0.497 e. The first kappa shape index (κ1) is 32.7. The predicted molar refractivity (Wildman–Crippen MR) is 158 cm³/mol. The summed E-state index contributed by atoms with van der Waals surface area (Å²) in [5.74, 6) is -1.87. The van der Waals surface area contributed by atoms with Crippen LogP contribution in [0.25, 0.3) is 11.0 Å². The molecule has 0 unspecified atom stereocenters. The van der Waals surface area contributed by atoms with Crippen molar-refractivity contribution in [3.63, 3.8) is 0 Å². The quantitative estimate of drug-likeness (QED) is 0.477. The van der Waals surface area contributed by atoms with Gasteiger partial charge in [0.2, 0.25) is 11.8 Å². The number of nitrogens with zero attached hydrogens (tertiary/aromatic N) is 3. The summed E-state index contributed by atoms with van der Waals surface area (Å²) in [7, 11) is 1.51. The number of carbonyl (C=O) groups excluding carboxylic acids is 3. The fraction of sp³-hybridized carbons (Fsp3) is 0.656. The number of alkyl carbamates (subject to hydrolysis) is 1. The third-order valence-corrected chi connectivity index (χ3v) is 8.91. The van der Waals surface area contributed by atoms with Crippen molar-refractivity contribution in [1.82, 2.24) is 20.2 Å². The summed E-state index contributed by atoms with van der Waals surface area (Å²) in [6.07, 6.45) is -3.66. The molecule has 1 saturated carbocycles. The van der Waals surface area contributed by atoms with Gasteiger partial charge in [-0.1, -0.05) is 33.6 Å². The minimum absolute atomic E-state index is 0.0713. The number of alkyl halides is 3. The molecule has 2 aromatic rings. The lowest BCUT2D eigenvalue weighted by Gasteiger charge is -2.35. The van der Waals surface area contributed by atoms with E-state index in [0.29, 0.717) is 28.9 Å². The zero-order valence-electron chi connectivity index (χ0n) is 26.3. The lowest BCUT2D eigenvalue weighted by Crippen LogP contribution is -2.57. The number of methoxy groups -OCH3 is 1. The van der Waals surface area contributed by atoms with Gasteiger partial charge in [-0.05, 0) is 56.1 Å². The van der Waals surface area contributed by atoms with E-state index in [4.69, 9.17) is 19.2 Å². The van der Waals surface area contributed by atoms with Gasteiger partial charge in [-0.15, -0.1) is 0 Å². The van der Waals surface area contributed by atoms with E-state index >= 15 is 0 Å². The SMILES string of the molecule is COc1ccc2nc3c(nc2c1)O[C@H]1CN(C(=O)[C@H](C(C)(C)C)NC(=O)O[C@@H]2C[C@H]2CCCCC3)[C@H](C(C)=O)[C@@H]1CC(F)(F)F. The van der Waals surface area contributed by atoms with Crippen LogP contribution in [0.1, 0.15) is 71.9 Å². The fourth-order valence-electron chi connectivity index (χ4n) is 6.49. The van der Waals surface area contributed by atoms with Gasteiger partial charge in [0.05, 0.1) is 37.2 Å². The third kappa shape index (κ3) is 7.61. The number of halogens is 3. The summed E-state index contributed by atoms with van der Waals surface area (Å²) in [4.78, 5) is 50.6. The lowest BCUT2D eigenvalue weighted by atomic mass is 9.85. The van der Waals surface area contributed by atoms with Crippen molar-refractivity contribution >= 4 is 28.8 Å². The van der Waals surface area contributed by atoms with E-state index in [1.165, 1.54) is 14.0 Å². The molecule has 1 saturated heterocycles. The molecule has 2 aliphatic heterocycles. The summed E-state index contributed by atoms with van der Waals surface area (Å²) >= 11 is 0. The smallest absolute Gasteiger partial charge is 0.408 e. The first-order chi connectivity index (χ1) is 21.1. The van der Waals surface area contributed by atoms with Crippen molar-refractivity contribution in [3.05, 3.63) is 23.9 Å². The molecule has 6 atom stereocenters. The molecule has 0 radical (unpaired) electrons. The van der Waals surface area contributed by atoms with Crippen LogP contribution in [0.4, 0.5) is 18.0 Å². The summed E-state index contributed by atoms with van der Waals surface area (Å²) in [5.41, 5.74) is 0.664. The molecule has 1 aromatic heterocycles. The molecule has 13 heteroatoms. The maximum absolute atomic E-state index is 14.1. The molecule has 3 heterocycles. The number of rotatable bonds is 3. The van der Waals surface area contributed by atoms with Crippen LogP contribution in [0, 0.1) is 17.3 Å². The Kier molecular flexibility index (Phi) is 9.19. The van der Waals surface area contributed by atoms with Crippen LogP contribution in [0.3, 0.4) is 0 Å². The molecule has 1 aliphatic carbocycles. The Balaban J connectivity index is 1.58. The standard InChI is InChI=1S/C32H41F3N4O6/c1-17(40)26-20(15-32(33,34)35)25-16-39(26)29(41)27(31(2,3)4)38-30(42)45-24-13-18(24)9-7-6-8-10-22-28(44-25)37-23-14-19(43-5)11-12-21(23)36-22/h11-12,14,18,20,24-27H,6-10,13,15-16H2,1-5H3,(H,38,42)/t18-,20-,24-,25+,26-,27-/m1/s1. The molecule has 3 aliphatic rings. The Morgan fingerprint density at radius 3 is 2.49 bits per heavy atom. The maximum atomic E-state index is 14.1. The van der Waals surface area contributed by atoms with Crippen LogP contribution in [-0.4, -0.2) is 76.8 Å². The number of hydrogen-bond acceptors (Lipinski definition) is 8. The van der Waals surface area contributed by atoms with Gasteiger partial charge in [0.1, 0.15) is 29.7 Å². The Bertz CT molecular complexity index is 1440. The monoisotopic (exact) mass is 634 g/mol. The Labute approximate surface area is 260 Å². The zero-order valence-corrected chi connectivity index (χ0v) is 26.3. The van der Waals surface area contributed by atoms with Crippen molar-refractivity contribution in [2.45, 2.75) is 103 Å². The number of nitrogens with one attached hydrogen (secondary N) is 1. The number of ketones is 1. The van der Waals surface area contributed by atoms with Gasteiger partial charge in [-0.2, -0.15) is 13.2 Å². The molecule has 5 rings (SSSR count). The Hall–Kier alpha value is -3.64. The number of aromatic nitrogens is 2. The van der Waals surface area contributed by atoms with E-state index < -0.39 is 59.9 Å². The van der Waals surface area contributed by atoms with Crippen molar-refractivity contribution < 1.29 is 41.8 Å². The topological polar surface area (TPSA) is 120 Å². The van der Waals surface area contributed by atoms with Crippen LogP contribution in [0.5, 0.6) is 11.6 Å². The minimum atomic E-state index is -4.65. The number of benzene rings is 1. The first-order valence-corrected chi connectivity index (χ1v) is 15.5. The van der Waals surface area contributed by atoms with Crippen LogP contribution in [-0.2, 0) is 20.7 Å². The van der Waals surface area contributed by atoms with Crippen LogP contribution < -0.4 is 14.8 Å². The van der Waals surface area contributed by atoms with E-state index in [1.54, 1.807) is 39.0 Å². The van der Waals surface area contributed by atoms with E-state index in [-0.39, 0.29) is 24.4 Å². The van der Waals surface area contributed by atoms with Gasteiger partial charge in [-0.3, -0.25) is 9.59 Å². The first-order valence-electron chi connectivity index (χ1n) is 15.5. The number of ether oxygens (including phenoxy) is 3. The number of aryl methyl sites for hydroxylation is 1. The average molecular weight is 635 g/mol. The summed E-state index contributed by atoms with van der Waals surface area (Å²) in [6, 6.07) is 2.57. The van der Waals surface area contributed by atoms with Crippen molar-refractivity contribution in [1.29, 1.82) is 0 Å². The van der Waals surface area contributed by atoms with Gasteiger partial charge in [-0.25, -0.2) is 14.8 Å². The number of Topliss-reactive ketones (excluding diaryl/α,β-unsaturated/α-hetero) is 1. The van der Waals surface area contributed by atoms with Gasteiger partial charge < -0.3 is 24.4 Å². The molecular weight excluding hydrogens is 593 g/mol. The summed E-state index contributed by atoms with van der Waals surface area (Å²) in [5, 5.41) is 2.66.